The molecule has 9 nitrogen and oxygen atoms in total. The lowest BCUT2D eigenvalue weighted by Crippen LogP contribution is -2.54. The number of sulfonamides is 1. The summed E-state index contributed by atoms with van der Waals surface area (Å²) < 4.78 is 39.6. The summed E-state index contributed by atoms with van der Waals surface area (Å²) >= 11 is 0. The van der Waals surface area contributed by atoms with Gasteiger partial charge in [0.25, 0.3) is 10.0 Å². The fraction of sp³-hybridized carbons (Fsp3) is 0.333. The molecule has 40 heavy (non-hydrogen) atoms. The lowest BCUT2D eigenvalue weighted by Gasteiger charge is -2.33. The van der Waals surface area contributed by atoms with E-state index < -0.39 is 34.1 Å². The summed E-state index contributed by atoms with van der Waals surface area (Å²) in [7, 11) is -1.21. The van der Waals surface area contributed by atoms with Gasteiger partial charge < -0.3 is 19.7 Å². The molecule has 2 amide bonds. The zero-order valence-electron chi connectivity index (χ0n) is 23.7. The number of nitrogens with one attached hydrogen (secondary N) is 1. The second-order valence-corrected chi connectivity index (χ2v) is 12.1. The Hall–Kier alpha value is -4.05. The van der Waals surface area contributed by atoms with E-state index in [0.717, 1.165) is 9.87 Å². The van der Waals surface area contributed by atoms with Gasteiger partial charge in [0.1, 0.15) is 24.1 Å². The minimum atomic E-state index is -4.19. The third kappa shape index (κ3) is 7.53. The minimum Gasteiger partial charge on any atom is -0.497 e. The summed E-state index contributed by atoms with van der Waals surface area (Å²) in [6, 6.07) is 20.7. The molecule has 0 bridgehead atoms. The number of methoxy groups -OCH3 is 2. The van der Waals surface area contributed by atoms with Crippen LogP contribution in [-0.4, -0.2) is 57.5 Å². The molecule has 0 aliphatic carbocycles. The molecule has 0 radical (unpaired) electrons. The van der Waals surface area contributed by atoms with Crippen molar-refractivity contribution in [3.8, 4) is 11.5 Å². The van der Waals surface area contributed by atoms with Crippen LogP contribution in [0.4, 0.5) is 5.69 Å². The van der Waals surface area contributed by atoms with E-state index in [1.165, 1.54) is 24.1 Å². The number of ether oxygens (including phenoxy) is 2. The second-order valence-electron chi connectivity index (χ2n) is 10.3. The second kappa shape index (κ2) is 12.9. The van der Waals surface area contributed by atoms with Gasteiger partial charge >= 0.3 is 0 Å². The highest BCUT2D eigenvalue weighted by Gasteiger charge is 2.34. The van der Waals surface area contributed by atoms with Gasteiger partial charge in [-0.25, -0.2) is 8.42 Å². The number of para-hydroxylation sites is 2. The SMILES string of the molecule is COc1cccc(CN(C(=O)CN(c2ccccc2OC)S(=O)(=O)c2ccccc2)[C@@H](C)C(=O)NC(C)(C)C)c1. The largest absolute Gasteiger partial charge is 0.497 e. The molecule has 0 fully saturated rings. The van der Waals surface area contributed by atoms with Crippen LogP contribution in [0, 0.1) is 0 Å². The molecule has 10 heteroatoms. The van der Waals surface area contributed by atoms with Crippen molar-refractivity contribution in [1.29, 1.82) is 0 Å². The lowest BCUT2D eigenvalue weighted by molar-refractivity contribution is -0.140. The van der Waals surface area contributed by atoms with Gasteiger partial charge in [-0.15, -0.1) is 0 Å². The van der Waals surface area contributed by atoms with Crippen molar-refractivity contribution >= 4 is 27.5 Å². The monoisotopic (exact) mass is 567 g/mol. The Morgan fingerprint density at radius 2 is 1.55 bits per heavy atom. The Labute approximate surface area is 236 Å². The highest BCUT2D eigenvalue weighted by Crippen LogP contribution is 2.32. The molecule has 0 spiro atoms. The third-order valence-corrected chi connectivity index (χ3v) is 7.89. The maximum absolute atomic E-state index is 14.0. The van der Waals surface area contributed by atoms with E-state index in [4.69, 9.17) is 9.47 Å². The number of benzene rings is 3. The summed E-state index contributed by atoms with van der Waals surface area (Å²) in [6.07, 6.45) is 0. The average molecular weight is 568 g/mol. The number of anilines is 1. The molecule has 3 rings (SSSR count). The summed E-state index contributed by atoms with van der Waals surface area (Å²) in [6.45, 7) is 6.66. The number of rotatable bonds is 11. The topological polar surface area (TPSA) is 105 Å². The molecule has 0 saturated carbocycles. The number of hydrogen-bond donors (Lipinski definition) is 1. The van der Waals surface area contributed by atoms with E-state index in [1.54, 1.807) is 74.7 Å². The molecule has 0 heterocycles. The quantitative estimate of drug-likeness (QED) is 0.372. The number of carbonyl (C=O) groups excluding carboxylic acids is 2. The van der Waals surface area contributed by atoms with E-state index >= 15 is 0 Å². The van der Waals surface area contributed by atoms with Crippen molar-refractivity contribution in [2.75, 3.05) is 25.1 Å². The van der Waals surface area contributed by atoms with Gasteiger partial charge in [-0.1, -0.05) is 42.5 Å². The zero-order valence-corrected chi connectivity index (χ0v) is 24.6. The molecule has 0 saturated heterocycles. The number of carbonyl (C=O) groups is 2. The Kier molecular flexibility index (Phi) is 9.81. The molecule has 3 aromatic rings. The van der Waals surface area contributed by atoms with Gasteiger partial charge in [-0.2, -0.15) is 0 Å². The van der Waals surface area contributed by atoms with Crippen molar-refractivity contribution in [3.05, 3.63) is 84.4 Å². The lowest BCUT2D eigenvalue weighted by atomic mass is 10.1. The van der Waals surface area contributed by atoms with Crippen LogP contribution in [0.25, 0.3) is 0 Å². The molecule has 214 valence electrons. The zero-order chi connectivity index (χ0) is 29.5. The highest BCUT2D eigenvalue weighted by molar-refractivity contribution is 7.92. The third-order valence-electron chi connectivity index (χ3n) is 6.12. The van der Waals surface area contributed by atoms with E-state index in [-0.39, 0.29) is 28.8 Å². The van der Waals surface area contributed by atoms with E-state index in [9.17, 15) is 18.0 Å². The van der Waals surface area contributed by atoms with Crippen molar-refractivity contribution in [3.63, 3.8) is 0 Å². The van der Waals surface area contributed by atoms with Crippen molar-refractivity contribution < 1.29 is 27.5 Å². The Bertz CT molecular complexity index is 1420. The summed E-state index contributed by atoms with van der Waals surface area (Å²) in [5, 5.41) is 2.91. The number of hydrogen-bond acceptors (Lipinski definition) is 6. The first kappa shape index (κ1) is 30.5. The number of nitrogens with zero attached hydrogens (tertiary/aromatic N) is 2. The standard InChI is InChI=1S/C30H37N3O6S/c1-22(29(35)31-30(2,3)4)32(20-23-13-12-14-24(19-23)38-5)28(34)21-33(26-17-10-11-18-27(26)39-6)40(36,37)25-15-8-7-9-16-25/h7-19,22H,20-21H2,1-6H3,(H,31,35)/t22-/m0/s1. The fourth-order valence-corrected chi connectivity index (χ4v) is 5.54. The molecule has 0 aliphatic rings. The van der Waals surface area contributed by atoms with Crippen LogP contribution in [0.2, 0.25) is 0 Å². The van der Waals surface area contributed by atoms with Crippen molar-refractivity contribution in [2.45, 2.75) is 50.7 Å². The molecule has 0 unspecified atom stereocenters. The van der Waals surface area contributed by atoms with Crippen LogP contribution in [0.5, 0.6) is 11.5 Å². The van der Waals surface area contributed by atoms with Gasteiger partial charge in [0.05, 0.1) is 24.8 Å². The van der Waals surface area contributed by atoms with Crippen LogP contribution in [0.15, 0.2) is 83.8 Å². The minimum absolute atomic E-state index is 0.0200. The van der Waals surface area contributed by atoms with Crippen LogP contribution in [0.1, 0.15) is 33.3 Å². The Morgan fingerprint density at radius 3 is 2.17 bits per heavy atom. The van der Waals surface area contributed by atoms with Crippen molar-refractivity contribution in [2.24, 2.45) is 0 Å². The van der Waals surface area contributed by atoms with Gasteiger partial charge in [0.15, 0.2) is 0 Å². The van der Waals surface area contributed by atoms with E-state index in [2.05, 4.69) is 5.32 Å². The van der Waals surface area contributed by atoms with Gasteiger partial charge in [0, 0.05) is 12.1 Å². The fourth-order valence-electron chi connectivity index (χ4n) is 4.09. The first-order valence-electron chi connectivity index (χ1n) is 12.8. The molecule has 3 aromatic carbocycles. The normalized spacial score (nSPS) is 12.2. The molecular weight excluding hydrogens is 530 g/mol. The summed E-state index contributed by atoms with van der Waals surface area (Å²) in [5.74, 6) is -0.0463. The molecule has 1 N–H and O–H groups in total. The predicted octanol–water partition coefficient (Wildman–Crippen LogP) is 4.23. The Balaban J connectivity index is 2.07. The maximum atomic E-state index is 14.0. The van der Waals surface area contributed by atoms with E-state index in [0.29, 0.717) is 5.75 Å². The van der Waals surface area contributed by atoms with Gasteiger partial charge in [0.2, 0.25) is 11.8 Å². The predicted molar refractivity (Wildman–Crippen MR) is 155 cm³/mol. The smallest absolute Gasteiger partial charge is 0.264 e. The molecule has 0 aliphatic heterocycles. The van der Waals surface area contributed by atoms with Crippen molar-refractivity contribution in [1.82, 2.24) is 10.2 Å². The van der Waals surface area contributed by atoms with E-state index in [1.807, 2.05) is 26.8 Å². The maximum Gasteiger partial charge on any atom is 0.264 e. The Morgan fingerprint density at radius 1 is 0.900 bits per heavy atom. The van der Waals surface area contributed by atoms with Crippen LogP contribution in [-0.2, 0) is 26.2 Å². The first-order valence-corrected chi connectivity index (χ1v) is 14.3. The number of amides is 2. The summed E-state index contributed by atoms with van der Waals surface area (Å²) in [4.78, 5) is 28.6. The highest BCUT2D eigenvalue weighted by atomic mass is 32.2. The summed E-state index contributed by atoms with van der Waals surface area (Å²) in [5.41, 5.74) is 0.393. The van der Waals surface area contributed by atoms with Gasteiger partial charge in [-0.05, 0) is 69.7 Å². The van der Waals surface area contributed by atoms with Crippen LogP contribution < -0.4 is 19.1 Å². The first-order chi connectivity index (χ1) is 18.9. The molecule has 0 aromatic heterocycles. The van der Waals surface area contributed by atoms with Gasteiger partial charge in [-0.3, -0.25) is 13.9 Å². The van der Waals surface area contributed by atoms with Crippen LogP contribution in [0.3, 0.4) is 0 Å². The molecular formula is C30H37N3O6S. The average Bonchev–Trinajstić information content (AvgIpc) is 2.93. The van der Waals surface area contributed by atoms with Crippen LogP contribution >= 0.6 is 0 Å². The molecule has 1 atom stereocenters.